The van der Waals surface area contributed by atoms with E-state index < -0.39 is 23.5 Å². The Kier molecular flexibility index (Phi) is 7.56. The van der Waals surface area contributed by atoms with Crippen LogP contribution in [-0.4, -0.2) is 71.1 Å². The van der Waals surface area contributed by atoms with E-state index in [1.165, 1.54) is 29.2 Å². The van der Waals surface area contributed by atoms with Crippen LogP contribution in [0, 0.1) is 5.82 Å². The maximum absolute atomic E-state index is 13.8. The number of methoxy groups -OCH3 is 1. The Morgan fingerprint density at radius 1 is 1.05 bits per heavy atom. The number of pyridine rings is 1. The minimum absolute atomic E-state index is 0.00956. The van der Waals surface area contributed by atoms with Crippen molar-refractivity contribution in [3.05, 3.63) is 95.6 Å². The number of hydrogen-bond acceptors (Lipinski definition) is 6. The lowest BCUT2D eigenvalue weighted by Crippen LogP contribution is -2.59. The van der Waals surface area contributed by atoms with Crippen LogP contribution in [0.2, 0.25) is 0 Å². The average Bonchev–Trinajstić information content (AvgIpc) is 3.35. The fourth-order valence-electron chi connectivity index (χ4n) is 5.11. The Labute approximate surface area is 225 Å². The normalized spacial score (nSPS) is 18.2. The van der Waals surface area contributed by atoms with E-state index in [1.54, 1.807) is 54.7 Å². The number of likely N-dealkylation sites (tertiary alicyclic amines) is 1. The van der Waals surface area contributed by atoms with Crippen molar-refractivity contribution in [2.45, 2.75) is 31.2 Å². The summed E-state index contributed by atoms with van der Waals surface area (Å²) >= 11 is 0. The van der Waals surface area contributed by atoms with Crippen LogP contribution in [-0.2, 0) is 16.1 Å². The third-order valence-corrected chi connectivity index (χ3v) is 7.21. The van der Waals surface area contributed by atoms with E-state index in [0.29, 0.717) is 37.2 Å². The third kappa shape index (κ3) is 5.46. The van der Waals surface area contributed by atoms with Crippen LogP contribution in [0.3, 0.4) is 0 Å². The highest BCUT2D eigenvalue weighted by molar-refractivity contribution is 5.98. The van der Waals surface area contributed by atoms with Crippen molar-refractivity contribution in [2.24, 2.45) is 0 Å². The zero-order valence-electron chi connectivity index (χ0n) is 21.5. The summed E-state index contributed by atoms with van der Waals surface area (Å²) in [4.78, 5) is 47.5. The summed E-state index contributed by atoms with van der Waals surface area (Å²) in [5.74, 6) is -0.815. The van der Waals surface area contributed by atoms with Gasteiger partial charge in [0.05, 0.1) is 13.7 Å². The van der Waals surface area contributed by atoms with E-state index >= 15 is 0 Å². The van der Waals surface area contributed by atoms with Crippen LogP contribution in [0.15, 0.2) is 73.1 Å². The van der Waals surface area contributed by atoms with Gasteiger partial charge in [-0.05, 0) is 54.1 Å². The predicted octanol–water partition coefficient (Wildman–Crippen LogP) is 3.02. The number of benzene rings is 2. The molecule has 2 saturated heterocycles. The van der Waals surface area contributed by atoms with Crippen LogP contribution in [0.4, 0.5) is 4.39 Å². The number of nitrogens with one attached hydrogen (secondary N) is 1. The van der Waals surface area contributed by atoms with Crippen LogP contribution < -0.4 is 10.1 Å². The second-order valence-electron chi connectivity index (χ2n) is 9.56. The summed E-state index contributed by atoms with van der Waals surface area (Å²) in [6, 6.07) is 14.9. The first kappa shape index (κ1) is 26.3. The predicted molar refractivity (Wildman–Crippen MR) is 139 cm³/mol. The molecule has 2 aliphatic heterocycles. The first-order chi connectivity index (χ1) is 18.9. The van der Waals surface area contributed by atoms with E-state index in [1.807, 2.05) is 6.07 Å². The molecule has 0 radical (unpaired) electrons. The van der Waals surface area contributed by atoms with Crippen LogP contribution in [0.1, 0.15) is 39.1 Å². The molecule has 2 fully saturated rings. The van der Waals surface area contributed by atoms with Crippen molar-refractivity contribution < 1.29 is 28.2 Å². The number of carbonyl (C=O) groups excluding carboxylic acids is 3. The van der Waals surface area contributed by atoms with Crippen LogP contribution in [0.5, 0.6) is 5.75 Å². The number of piperidine rings is 1. The van der Waals surface area contributed by atoms with Gasteiger partial charge in [-0.3, -0.25) is 24.3 Å². The van der Waals surface area contributed by atoms with E-state index in [4.69, 9.17) is 9.47 Å². The highest BCUT2D eigenvalue weighted by atomic mass is 19.1. The van der Waals surface area contributed by atoms with E-state index in [-0.39, 0.29) is 30.5 Å². The van der Waals surface area contributed by atoms with Gasteiger partial charge in [-0.15, -0.1) is 0 Å². The van der Waals surface area contributed by atoms with Gasteiger partial charge < -0.3 is 19.7 Å². The minimum atomic E-state index is -1.08. The van der Waals surface area contributed by atoms with Crippen molar-refractivity contribution in [2.75, 3.05) is 26.8 Å². The molecule has 1 unspecified atom stereocenters. The van der Waals surface area contributed by atoms with Gasteiger partial charge in [0.25, 0.3) is 11.8 Å². The summed E-state index contributed by atoms with van der Waals surface area (Å²) in [5, 5.41) is 2.88. The van der Waals surface area contributed by atoms with E-state index in [9.17, 15) is 18.8 Å². The van der Waals surface area contributed by atoms with Crippen LogP contribution >= 0.6 is 0 Å². The fraction of sp³-hybridized carbons (Fsp3) is 0.310. The van der Waals surface area contributed by atoms with Gasteiger partial charge in [-0.25, -0.2) is 4.39 Å². The summed E-state index contributed by atoms with van der Waals surface area (Å²) < 4.78 is 25.0. The average molecular weight is 533 g/mol. The van der Waals surface area contributed by atoms with Gasteiger partial charge in [0.15, 0.2) is 0 Å². The lowest BCUT2D eigenvalue weighted by molar-refractivity contribution is -0.128. The molecule has 1 atom stereocenters. The summed E-state index contributed by atoms with van der Waals surface area (Å²) in [7, 11) is 1.54. The molecule has 2 aromatic carbocycles. The first-order valence-corrected chi connectivity index (χ1v) is 12.7. The molecule has 3 heterocycles. The maximum atomic E-state index is 13.8. The first-order valence-electron chi connectivity index (χ1n) is 12.7. The van der Waals surface area contributed by atoms with Crippen molar-refractivity contribution in [3.63, 3.8) is 0 Å². The number of amides is 3. The third-order valence-electron chi connectivity index (χ3n) is 7.21. The number of aromatic nitrogens is 1. The number of hydrogen-bond donors (Lipinski definition) is 1. The van der Waals surface area contributed by atoms with Gasteiger partial charge in [-0.1, -0.05) is 12.1 Å². The zero-order chi connectivity index (χ0) is 27.4. The minimum Gasteiger partial charge on any atom is -0.497 e. The molecule has 2 aliphatic rings. The Bertz CT molecular complexity index is 1340. The number of ether oxygens (including phenoxy) is 2. The molecule has 3 amide bonds. The van der Waals surface area contributed by atoms with E-state index in [2.05, 4.69) is 10.3 Å². The van der Waals surface area contributed by atoms with Gasteiger partial charge in [0, 0.05) is 56.0 Å². The van der Waals surface area contributed by atoms with Gasteiger partial charge in [0.1, 0.15) is 23.3 Å². The zero-order valence-corrected chi connectivity index (χ0v) is 21.5. The Morgan fingerprint density at radius 3 is 2.51 bits per heavy atom. The Balaban J connectivity index is 1.35. The second-order valence-corrected chi connectivity index (χ2v) is 9.56. The molecule has 5 rings (SSSR count). The fourth-order valence-corrected chi connectivity index (χ4v) is 5.11. The molecule has 1 aromatic heterocycles. The SMILES string of the molecule is COc1cccc(C(=O)N2CCC3(CC2)OCC(C(=O)NCc2cccnc2)N3C(=O)c2ccc(F)cc2)c1. The topological polar surface area (TPSA) is 101 Å². The van der Waals surface area contributed by atoms with Crippen molar-refractivity contribution >= 4 is 17.7 Å². The molecule has 39 heavy (non-hydrogen) atoms. The molecule has 0 bridgehead atoms. The van der Waals surface area contributed by atoms with E-state index in [0.717, 1.165) is 5.56 Å². The second kappa shape index (κ2) is 11.2. The molecule has 202 valence electrons. The molecule has 1 spiro atoms. The Morgan fingerprint density at radius 2 is 1.82 bits per heavy atom. The number of rotatable bonds is 6. The lowest BCUT2D eigenvalue weighted by Gasteiger charge is -2.44. The molecule has 0 saturated carbocycles. The molecule has 3 aromatic rings. The largest absolute Gasteiger partial charge is 0.497 e. The number of carbonyl (C=O) groups is 3. The summed E-state index contributed by atoms with van der Waals surface area (Å²) in [6.07, 6.45) is 3.95. The Hall–Kier alpha value is -4.31. The van der Waals surface area contributed by atoms with Gasteiger partial charge >= 0.3 is 0 Å². The smallest absolute Gasteiger partial charge is 0.256 e. The standard InChI is InChI=1S/C29H29FN4O5/c1-38-24-6-2-5-22(16-24)27(36)33-14-11-29(12-15-33)34(28(37)21-7-9-23(30)10-8-21)25(19-39-29)26(35)32-18-20-4-3-13-31-17-20/h2-10,13,16-17,25H,11-12,14-15,18-19H2,1H3,(H,32,35). The molecule has 9 nitrogen and oxygen atoms in total. The molecular weight excluding hydrogens is 503 g/mol. The summed E-state index contributed by atoms with van der Waals surface area (Å²) in [5.41, 5.74) is 0.499. The lowest BCUT2D eigenvalue weighted by atomic mass is 9.96. The van der Waals surface area contributed by atoms with Crippen molar-refractivity contribution in [1.82, 2.24) is 20.1 Å². The molecule has 10 heteroatoms. The quantitative estimate of drug-likeness (QED) is 0.524. The maximum Gasteiger partial charge on any atom is 0.256 e. The van der Waals surface area contributed by atoms with Crippen molar-refractivity contribution in [3.8, 4) is 5.75 Å². The van der Waals surface area contributed by atoms with Crippen LogP contribution in [0.25, 0.3) is 0 Å². The monoisotopic (exact) mass is 532 g/mol. The molecule has 1 N–H and O–H groups in total. The highest BCUT2D eigenvalue weighted by Gasteiger charge is 2.54. The number of halogens is 1. The summed E-state index contributed by atoms with van der Waals surface area (Å²) in [6.45, 7) is 0.910. The highest BCUT2D eigenvalue weighted by Crippen LogP contribution is 2.39. The molecule has 0 aliphatic carbocycles. The van der Waals surface area contributed by atoms with Crippen molar-refractivity contribution in [1.29, 1.82) is 0 Å². The van der Waals surface area contributed by atoms with Gasteiger partial charge in [-0.2, -0.15) is 0 Å². The molecular formula is C29H29FN4O5. The van der Waals surface area contributed by atoms with Gasteiger partial charge in [0.2, 0.25) is 5.91 Å². The number of nitrogens with zero attached hydrogens (tertiary/aromatic N) is 3.